The molecule has 0 saturated carbocycles. The van der Waals surface area contributed by atoms with E-state index in [-0.39, 0.29) is 5.91 Å². The number of hydrogen-bond acceptors (Lipinski definition) is 3. The Balaban J connectivity index is 2.20. The van der Waals surface area contributed by atoms with E-state index >= 15 is 0 Å². The normalized spacial score (nSPS) is 11.9. The van der Waals surface area contributed by atoms with Crippen molar-refractivity contribution in [3.8, 4) is 0 Å². The molecule has 0 spiro atoms. The van der Waals surface area contributed by atoms with Gasteiger partial charge in [-0.2, -0.15) is 0 Å². The van der Waals surface area contributed by atoms with Gasteiger partial charge in [-0.15, -0.1) is 0 Å². The van der Waals surface area contributed by atoms with Crippen LogP contribution in [-0.4, -0.2) is 31.7 Å². The number of carbonyl (C=O) groups excluding carboxylic acids is 1. The molecule has 0 fully saturated rings. The highest BCUT2D eigenvalue weighted by Gasteiger charge is 2.12. The minimum Gasteiger partial charge on any atom is -0.375 e. The van der Waals surface area contributed by atoms with E-state index in [1.165, 1.54) is 0 Å². The van der Waals surface area contributed by atoms with Crippen LogP contribution in [0.4, 0.5) is 0 Å². The van der Waals surface area contributed by atoms with Gasteiger partial charge in [-0.1, -0.05) is 42.5 Å². The fourth-order valence-electron chi connectivity index (χ4n) is 1.58. The summed E-state index contributed by atoms with van der Waals surface area (Å²) in [5.41, 5.74) is 7.87. The maximum absolute atomic E-state index is 11.7. The van der Waals surface area contributed by atoms with Crippen molar-refractivity contribution < 1.29 is 9.53 Å². The second-order valence-electron chi connectivity index (χ2n) is 4.60. The molecule has 0 aliphatic rings. The van der Waals surface area contributed by atoms with Crippen LogP contribution < -0.4 is 11.1 Å². The molecule has 104 valence electrons. The van der Waals surface area contributed by atoms with Crippen LogP contribution in [0.25, 0.3) is 0 Å². The van der Waals surface area contributed by atoms with Gasteiger partial charge >= 0.3 is 0 Å². The third-order valence-corrected chi connectivity index (χ3v) is 2.53. The molecule has 4 nitrogen and oxygen atoms in total. The zero-order chi connectivity index (χ0) is 14.1. The molecule has 19 heavy (non-hydrogen) atoms. The molecule has 1 atom stereocenters. The van der Waals surface area contributed by atoms with Gasteiger partial charge in [0.05, 0.1) is 19.3 Å². The van der Waals surface area contributed by atoms with Crippen LogP contribution in [-0.2, 0) is 16.0 Å². The van der Waals surface area contributed by atoms with Crippen LogP contribution in [0.3, 0.4) is 0 Å². The summed E-state index contributed by atoms with van der Waals surface area (Å²) in [6.07, 6.45) is 0.541. The van der Waals surface area contributed by atoms with Crippen LogP contribution in [0.2, 0.25) is 0 Å². The molecule has 0 heterocycles. The lowest BCUT2D eigenvalue weighted by molar-refractivity contribution is -0.122. The molecular weight excluding hydrogens is 240 g/mol. The van der Waals surface area contributed by atoms with Crippen molar-refractivity contribution in [3.05, 3.63) is 48.0 Å². The second-order valence-corrected chi connectivity index (χ2v) is 4.60. The van der Waals surface area contributed by atoms with E-state index in [1.54, 1.807) is 0 Å². The number of ether oxygens (including phenoxy) is 1. The van der Waals surface area contributed by atoms with E-state index in [9.17, 15) is 4.79 Å². The van der Waals surface area contributed by atoms with Gasteiger partial charge in [0, 0.05) is 6.54 Å². The predicted octanol–water partition coefficient (Wildman–Crippen LogP) is 1.27. The Bertz CT molecular complexity index is 404. The van der Waals surface area contributed by atoms with E-state index < -0.39 is 6.04 Å². The molecule has 4 heteroatoms. The first kappa shape index (κ1) is 15.4. The lowest BCUT2D eigenvalue weighted by Crippen LogP contribution is -2.43. The van der Waals surface area contributed by atoms with Crippen LogP contribution in [0.15, 0.2) is 42.5 Å². The van der Waals surface area contributed by atoms with E-state index in [1.807, 2.05) is 37.3 Å². The Hall–Kier alpha value is -1.65. The molecule has 3 N–H and O–H groups in total. The molecule has 0 bridgehead atoms. The molecule has 0 aromatic heterocycles. The lowest BCUT2D eigenvalue weighted by atomic mass is 10.1. The third kappa shape index (κ3) is 6.74. The number of nitrogens with two attached hydrogens (primary N) is 1. The minimum atomic E-state index is -0.524. The maximum atomic E-state index is 11.7. The maximum Gasteiger partial charge on any atom is 0.237 e. The molecule has 0 radical (unpaired) electrons. The smallest absolute Gasteiger partial charge is 0.237 e. The van der Waals surface area contributed by atoms with Gasteiger partial charge in [0.1, 0.15) is 0 Å². The number of hydrogen-bond donors (Lipinski definition) is 2. The fraction of sp³-hybridized carbons (Fsp3) is 0.400. The van der Waals surface area contributed by atoms with Gasteiger partial charge in [0.15, 0.2) is 0 Å². The highest BCUT2D eigenvalue weighted by molar-refractivity contribution is 5.81. The molecule has 1 aromatic carbocycles. The van der Waals surface area contributed by atoms with E-state index in [0.717, 1.165) is 11.1 Å². The zero-order valence-electron chi connectivity index (χ0n) is 11.4. The topological polar surface area (TPSA) is 64.3 Å². The van der Waals surface area contributed by atoms with Crippen molar-refractivity contribution in [2.45, 2.75) is 19.4 Å². The van der Waals surface area contributed by atoms with E-state index in [4.69, 9.17) is 10.5 Å². The summed E-state index contributed by atoms with van der Waals surface area (Å²) in [4.78, 5) is 11.7. The van der Waals surface area contributed by atoms with Gasteiger partial charge in [0.25, 0.3) is 0 Å². The Morgan fingerprint density at radius 1 is 1.42 bits per heavy atom. The van der Waals surface area contributed by atoms with Gasteiger partial charge < -0.3 is 15.8 Å². The van der Waals surface area contributed by atoms with Crippen LogP contribution >= 0.6 is 0 Å². The SMILES string of the molecule is C=C(C)COCCNC(=O)[C@H](N)Cc1ccccc1. The Morgan fingerprint density at radius 3 is 2.74 bits per heavy atom. The van der Waals surface area contributed by atoms with Gasteiger partial charge in [-0.25, -0.2) is 0 Å². The number of carbonyl (C=O) groups is 1. The summed E-state index contributed by atoms with van der Waals surface area (Å²) >= 11 is 0. The van der Waals surface area contributed by atoms with Gasteiger partial charge in [-0.05, 0) is 18.9 Å². The van der Waals surface area contributed by atoms with Gasteiger partial charge in [-0.3, -0.25) is 4.79 Å². The van der Waals surface area contributed by atoms with Crippen LogP contribution in [0.1, 0.15) is 12.5 Å². The Kier molecular flexibility index (Phi) is 6.85. The first-order chi connectivity index (χ1) is 9.09. The summed E-state index contributed by atoms with van der Waals surface area (Å²) in [5, 5.41) is 2.76. The average molecular weight is 262 g/mol. The van der Waals surface area contributed by atoms with E-state index in [0.29, 0.717) is 26.2 Å². The minimum absolute atomic E-state index is 0.150. The quantitative estimate of drug-likeness (QED) is 0.547. The summed E-state index contributed by atoms with van der Waals surface area (Å²) in [7, 11) is 0. The lowest BCUT2D eigenvalue weighted by Gasteiger charge is -2.12. The number of rotatable bonds is 8. The van der Waals surface area contributed by atoms with Crippen molar-refractivity contribution in [2.75, 3.05) is 19.8 Å². The summed E-state index contributed by atoms with van der Waals surface area (Å²) in [6, 6.07) is 9.21. The largest absolute Gasteiger partial charge is 0.375 e. The van der Waals surface area contributed by atoms with Crippen molar-refractivity contribution >= 4 is 5.91 Å². The van der Waals surface area contributed by atoms with Crippen molar-refractivity contribution in [2.24, 2.45) is 5.73 Å². The van der Waals surface area contributed by atoms with Crippen LogP contribution in [0.5, 0.6) is 0 Å². The zero-order valence-corrected chi connectivity index (χ0v) is 11.4. The van der Waals surface area contributed by atoms with Crippen molar-refractivity contribution in [3.63, 3.8) is 0 Å². The molecule has 0 saturated heterocycles. The summed E-state index contributed by atoms with van der Waals surface area (Å²) < 4.78 is 5.29. The third-order valence-electron chi connectivity index (χ3n) is 2.53. The summed E-state index contributed by atoms with van der Waals surface area (Å²) in [5.74, 6) is -0.150. The second kappa shape index (κ2) is 8.45. The summed E-state index contributed by atoms with van der Waals surface area (Å²) in [6.45, 7) is 7.08. The van der Waals surface area contributed by atoms with Crippen LogP contribution in [0, 0.1) is 0 Å². The standard InChI is InChI=1S/C15H22N2O2/c1-12(2)11-19-9-8-17-15(18)14(16)10-13-6-4-3-5-7-13/h3-7,14H,1,8-11,16H2,2H3,(H,17,18)/t14-/m1/s1. The molecule has 1 amide bonds. The Labute approximate surface area is 114 Å². The fourth-order valence-corrected chi connectivity index (χ4v) is 1.58. The van der Waals surface area contributed by atoms with Gasteiger partial charge in [0.2, 0.25) is 5.91 Å². The predicted molar refractivity (Wildman–Crippen MR) is 76.8 cm³/mol. The highest BCUT2D eigenvalue weighted by Crippen LogP contribution is 2.01. The number of nitrogens with one attached hydrogen (secondary N) is 1. The molecule has 1 aromatic rings. The van der Waals surface area contributed by atoms with Crippen molar-refractivity contribution in [1.82, 2.24) is 5.32 Å². The molecular formula is C15H22N2O2. The molecule has 0 unspecified atom stereocenters. The average Bonchev–Trinajstić information content (AvgIpc) is 2.38. The Morgan fingerprint density at radius 2 is 2.11 bits per heavy atom. The van der Waals surface area contributed by atoms with E-state index in [2.05, 4.69) is 11.9 Å². The highest BCUT2D eigenvalue weighted by atomic mass is 16.5. The first-order valence-electron chi connectivity index (χ1n) is 6.39. The van der Waals surface area contributed by atoms with Crippen molar-refractivity contribution in [1.29, 1.82) is 0 Å². The first-order valence-corrected chi connectivity index (χ1v) is 6.39. The number of benzene rings is 1. The molecule has 1 rings (SSSR count). The monoisotopic (exact) mass is 262 g/mol. The number of amides is 1. The molecule has 0 aliphatic heterocycles. The molecule has 0 aliphatic carbocycles.